The molecule has 0 radical (unpaired) electrons. The molecule has 1 aromatic rings. The van der Waals surface area contributed by atoms with Gasteiger partial charge in [0.15, 0.2) is 4.90 Å². The predicted molar refractivity (Wildman–Crippen MR) is 71.2 cm³/mol. The zero-order valence-electron chi connectivity index (χ0n) is 10.1. The first-order valence-corrected chi connectivity index (χ1v) is 7.80. The molecular formula is C14H21OS+. The first-order chi connectivity index (χ1) is 7.90. The number of aryl methyl sites for hydroxylation is 1. The molecule has 1 aliphatic rings. The van der Waals surface area contributed by atoms with Crippen molar-refractivity contribution in [3.05, 3.63) is 29.8 Å². The summed E-state index contributed by atoms with van der Waals surface area (Å²) in [6, 6.07) is 9.29. The van der Waals surface area contributed by atoms with E-state index in [1.165, 1.54) is 41.2 Å². The van der Waals surface area contributed by atoms with E-state index in [0.717, 1.165) is 13.2 Å². The Labute approximate surface area is 102 Å². The van der Waals surface area contributed by atoms with Crippen molar-refractivity contribution in [1.29, 1.82) is 0 Å². The van der Waals surface area contributed by atoms with E-state index in [4.69, 9.17) is 4.74 Å². The number of unbranched alkanes of at least 4 members (excludes halogenated alkanes) is 1. The Morgan fingerprint density at radius 3 is 2.44 bits per heavy atom. The first kappa shape index (κ1) is 12.0. The lowest BCUT2D eigenvalue weighted by molar-refractivity contribution is 0.159. The van der Waals surface area contributed by atoms with Crippen molar-refractivity contribution < 1.29 is 4.74 Å². The first-order valence-electron chi connectivity index (χ1n) is 6.24. The SMILES string of the molecule is CCCCc1ccc([S+]2CCOCC2)cc1. The molecule has 0 aromatic heterocycles. The molecule has 0 saturated carbocycles. The number of hydrogen-bond donors (Lipinski definition) is 0. The summed E-state index contributed by atoms with van der Waals surface area (Å²) in [5.74, 6) is 2.43. The Morgan fingerprint density at radius 1 is 1.12 bits per heavy atom. The maximum atomic E-state index is 5.40. The highest BCUT2D eigenvalue weighted by Gasteiger charge is 2.24. The monoisotopic (exact) mass is 237 g/mol. The molecule has 1 aromatic carbocycles. The highest BCUT2D eigenvalue weighted by molar-refractivity contribution is 7.97. The summed E-state index contributed by atoms with van der Waals surface area (Å²) in [5, 5.41) is 0. The number of ether oxygens (including phenoxy) is 1. The number of rotatable bonds is 4. The van der Waals surface area contributed by atoms with Crippen LogP contribution in [0, 0.1) is 0 Å². The van der Waals surface area contributed by atoms with Crippen LogP contribution in [-0.2, 0) is 22.1 Å². The van der Waals surface area contributed by atoms with E-state index >= 15 is 0 Å². The van der Waals surface area contributed by atoms with Crippen LogP contribution in [0.5, 0.6) is 0 Å². The van der Waals surface area contributed by atoms with Crippen molar-refractivity contribution in [2.24, 2.45) is 0 Å². The van der Waals surface area contributed by atoms with Gasteiger partial charge in [0.25, 0.3) is 0 Å². The van der Waals surface area contributed by atoms with Gasteiger partial charge >= 0.3 is 0 Å². The van der Waals surface area contributed by atoms with Crippen molar-refractivity contribution in [1.82, 2.24) is 0 Å². The summed E-state index contributed by atoms with van der Waals surface area (Å²) in [5.41, 5.74) is 1.49. The summed E-state index contributed by atoms with van der Waals surface area (Å²) < 4.78 is 5.40. The van der Waals surface area contributed by atoms with Crippen LogP contribution in [0.3, 0.4) is 0 Å². The van der Waals surface area contributed by atoms with Crippen molar-refractivity contribution >= 4 is 10.9 Å². The lowest BCUT2D eigenvalue weighted by Crippen LogP contribution is -2.26. The van der Waals surface area contributed by atoms with Crippen molar-refractivity contribution in [3.8, 4) is 0 Å². The van der Waals surface area contributed by atoms with Gasteiger partial charge in [-0.2, -0.15) is 0 Å². The van der Waals surface area contributed by atoms with Gasteiger partial charge in [-0.1, -0.05) is 25.5 Å². The molecule has 0 atom stereocenters. The second-order valence-electron chi connectivity index (χ2n) is 4.26. The Kier molecular flexibility index (Phi) is 4.73. The molecule has 0 aliphatic carbocycles. The Bertz CT molecular complexity index is 301. The number of hydrogen-bond acceptors (Lipinski definition) is 1. The fourth-order valence-corrected chi connectivity index (χ4v) is 3.82. The third kappa shape index (κ3) is 3.26. The average molecular weight is 237 g/mol. The normalized spacial score (nSPS) is 17.6. The van der Waals surface area contributed by atoms with Crippen LogP contribution in [0.25, 0.3) is 0 Å². The van der Waals surface area contributed by atoms with Gasteiger partial charge in [0, 0.05) is 10.9 Å². The van der Waals surface area contributed by atoms with Gasteiger partial charge in [0.2, 0.25) is 0 Å². The van der Waals surface area contributed by atoms with E-state index in [2.05, 4.69) is 31.2 Å². The Morgan fingerprint density at radius 2 is 1.81 bits per heavy atom. The number of benzene rings is 1. The zero-order chi connectivity index (χ0) is 11.2. The lowest BCUT2D eigenvalue weighted by Gasteiger charge is -2.14. The minimum atomic E-state index is 0.453. The lowest BCUT2D eigenvalue weighted by atomic mass is 10.1. The maximum Gasteiger partial charge on any atom is 0.155 e. The molecule has 16 heavy (non-hydrogen) atoms. The summed E-state index contributed by atoms with van der Waals surface area (Å²) in [6.07, 6.45) is 3.82. The standard InChI is InChI=1S/C14H21OS/c1-2-3-4-13-5-7-14(8-6-13)16-11-9-15-10-12-16/h5-8H,2-4,9-12H2,1H3/q+1. The zero-order valence-corrected chi connectivity index (χ0v) is 10.9. The van der Waals surface area contributed by atoms with E-state index in [1.807, 2.05) is 0 Å². The molecule has 0 amide bonds. The Balaban J connectivity index is 1.95. The highest BCUT2D eigenvalue weighted by Crippen LogP contribution is 2.18. The van der Waals surface area contributed by atoms with Crippen LogP contribution in [0.15, 0.2) is 29.2 Å². The van der Waals surface area contributed by atoms with Gasteiger partial charge in [-0.05, 0) is 30.5 Å². The van der Waals surface area contributed by atoms with Crippen molar-refractivity contribution in [2.75, 3.05) is 24.7 Å². The minimum absolute atomic E-state index is 0.453. The van der Waals surface area contributed by atoms with Crippen LogP contribution in [0.2, 0.25) is 0 Å². The summed E-state index contributed by atoms with van der Waals surface area (Å²) in [6.45, 7) is 4.14. The van der Waals surface area contributed by atoms with Gasteiger partial charge in [0.05, 0.1) is 13.2 Å². The molecule has 1 aliphatic heterocycles. The van der Waals surface area contributed by atoms with Crippen LogP contribution in [0.4, 0.5) is 0 Å². The molecule has 1 nitrogen and oxygen atoms in total. The van der Waals surface area contributed by atoms with Crippen LogP contribution in [0.1, 0.15) is 25.3 Å². The average Bonchev–Trinajstić information content (AvgIpc) is 2.38. The molecule has 1 saturated heterocycles. The summed E-state index contributed by atoms with van der Waals surface area (Å²) in [7, 11) is 0.453. The van der Waals surface area contributed by atoms with Crippen molar-refractivity contribution in [2.45, 2.75) is 31.1 Å². The fraction of sp³-hybridized carbons (Fsp3) is 0.571. The summed E-state index contributed by atoms with van der Waals surface area (Å²) >= 11 is 0. The van der Waals surface area contributed by atoms with Crippen LogP contribution >= 0.6 is 0 Å². The molecule has 1 heterocycles. The fourth-order valence-electron chi connectivity index (χ4n) is 1.99. The molecule has 2 heteroatoms. The van der Waals surface area contributed by atoms with Crippen LogP contribution < -0.4 is 0 Å². The highest BCUT2D eigenvalue weighted by atomic mass is 32.2. The van der Waals surface area contributed by atoms with E-state index in [0.29, 0.717) is 10.9 Å². The molecule has 0 bridgehead atoms. The van der Waals surface area contributed by atoms with Gasteiger partial charge in [-0.15, -0.1) is 0 Å². The smallest absolute Gasteiger partial charge is 0.155 e. The third-order valence-corrected chi connectivity index (χ3v) is 5.28. The minimum Gasteiger partial charge on any atom is -0.372 e. The third-order valence-electron chi connectivity index (χ3n) is 3.02. The van der Waals surface area contributed by atoms with Crippen LogP contribution in [-0.4, -0.2) is 24.7 Å². The molecule has 88 valence electrons. The van der Waals surface area contributed by atoms with Crippen molar-refractivity contribution in [3.63, 3.8) is 0 Å². The molecule has 2 rings (SSSR count). The second kappa shape index (κ2) is 6.31. The largest absolute Gasteiger partial charge is 0.372 e. The summed E-state index contributed by atoms with van der Waals surface area (Å²) in [4.78, 5) is 1.53. The molecule has 0 unspecified atom stereocenters. The van der Waals surface area contributed by atoms with E-state index in [-0.39, 0.29) is 0 Å². The molecule has 0 N–H and O–H groups in total. The topological polar surface area (TPSA) is 9.23 Å². The van der Waals surface area contributed by atoms with E-state index in [1.54, 1.807) is 0 Å². The van der Waals surface area contributed by atoms with E-state index < -0.39 is 0 Å². The second-order valence-corrected chi connectivity index (χ2v) is 6.53. The van der Waals surface area contributed by atoms with Gasteiger partial charge in [-0.25, -0.2) is 0 Å². The maximum absolute atomic E-state index is 5.40. The molecular weight excluding hydrogens is 216 g/mol. The van der Waals surface area contributed by atoms with Gasteiger partial charge in [-0.3, -0.25) is 0 Å². The molecule has 0 spiro atoms. The molecule has 1 fully saturated rings. The predicted octanol–water partition coefficient (Wildman–Crippen LogP) is 3.04. The Hall–Kier alpha value is -0.470. The van der Waals surface area contributed by atoms with E-state index in [9.17, 15) is 0 Å². The van der Waals surface area contributed by atoms with Gasteiger partial charge in [0.1, 0.15) is 11.5 Å². The quantitative estimate of drug-likeness (QED) is 0.731. The van der Waals surface area contributed by atoms with Gasteiger partial charge < -0.3 is 4.74 Å².